The van der Waals surface area contributed by atoms with Crippen LogP contribution in [0.4, 0.5) is 0 Å². The van der Waals surface area contributed by atoms with Crippen molar-refractivity contribution in [1.29, 1.82) is 0 Å². The molecule has 0 spiro atoms. The van der Waals surface area contributed by atoms with E-state index >= 15 is 0 Å². The van der Waals surface area contributed by atoms with E-state index in [-0.39, 0.29) is 6.17 Å². The number of hydrogen-bond acceptors (Lipinski definition) is 3. The summed E-state index contributed by atoms with van der Waals surface area (Å²) in [6.07, 6.45) is -0.350. The first-order valence-electron chi connectivity index (χ1n) is 16.7. The molecule has 1 aliphatic heterocycles. The van der Waals surface area contributed by atoms with Gasteiger partial charge in [0.15, 0.2) is 5.84 Å². The van der Waals surface area contributed by atoms with Crippen molar-refractivity contribution in [3.8, 4) is 5.69 Å². The van der Waals surface area contributed by atoms with Crippen LogP contribution < -0.4 is 5.32 Å². The first kappa shape index (κ1) is 27.6. The summed E-state index contributed by atoms with van der Waals surface area (Å²) < 4.78 is 2.44. The second kappa shape index (κ2) is 11.0. The Morgan fingerprint density at radius 3 is 1.78 bits per heavy atom. The van der Waals surface area contributed by atoms with E-state index in [0.717, 1.165) is 34.0 Å². The van der Waals surface area contributed by atoms with Gasteiger partial charge in [-0.15, -0.1) is 0 Å². The van der Waals surface area contributed by atoms with Crippen molar-refractivity contribution in [2.45, 2.75) is 6.17 Å². The third-order valence-electron chi connectivity index (χ3n) is 9.80. The first-order chi connectivity index (χ1) is 24.3. The highest BCUT2D eigenvalue weighted by Crippen LogP contribution is 2.46. The van der Waals surface area contributed by atoms with E-state index in [1.807, 2.05) is 24.3 Å². The number of benzene rings is 8. The van der Waals surface area contributed by atoms with Gasteiger partial charge in [0, 0.05) is 43.9 Å². The number of fused-ring (bicyclic) bond motifs is 10. The monoisotopic (exact) mass is 626 g/mol. The van der Waals surface area contributed by atoms with Crippen molar-refractivity contribution >= 4 is 65.8 Å². The molecule has 0 fully saturated rings. The zero-order valence-corrected chi connectivity index (χ0v) is 26.6. The van der Waals surface area contributed by atoms with E-state index < -0.39 is 0 Å². The van der Waals surface area contributed by atoms with E-state index in [4.69, 9.17) is 9.98 Å². The predicted molar refractivity (Wildman–Crippen MR) is 205 cm³/mol. The van der Waals surface area contributed by atoms with Gasteiger partial charge in [0.2, 0.25) is 0 Å². The Balaban J connectivity index is 1.33. The minimum Gasteiger partial charge on any atom is -0.344 e. The lowest BCUT2D eigenvalue weighted by Gasteiger charge is -2.25. The Morgan fingerprint density at radius 2 is 1.04 bits per heavy atom. The standard InChI is InChI=1S/C45H30N4/c1-4-16-29(17-5-1)43-46-44(30-18-6-2-7-19-30)48-45(47-43)38-28-37-33-23-11-13-25-35(33)42-41(40(37)34-24-12-10-22-32(34)38)36-26-14-15-27-39(36)49(42)31-20-8-3-9-21-31/h1-28,45H,(H,46,47,48). The summed E-state index contributed by atoms with van der Waals surface area (Å²) in [5, 5.41) is 13.6. The van der Waals surface area contributed by atoms with Gasteiger partial charge in [-0.1, -0.05) is 146 Å². The second-order valence-corrected chi connectivity index (χ2v) is 12.6. The highest BCUT2D eigenvalue weighted by atomic mass is 15.2. The van der Waals surface area contributed by atoms with E-state index in [9.17, 15) is 0 Å². The van der Waals surface area contributed by atoms with Gasteiger partial charge in [-0.05, 0) is 45.8 Å². The zero-order valence-electron chi connectivity index (χ0n) is 26.6. The molecule has 0 amide bonds. The van der Waals surface area contributed by atoms with E-state index in [0.29, 0.717) is 0 Å². The van der Waals surface area contributed by atoms with Gasteiger partial charge in [-0.25, -0.2) is 9.98 Å². The Labute approximate surface area is 283 Å². The molecule has 4 heteroatoms. The lowest BCUT2D eigenvalue weighted by Crippen LogP contribution is -2.33. The molecule has 1 unspecified atom stereocenters. The average molecular weight is 627 g/mol. The van der Waals surface area contributed by atoms with Crippen LogP contribution in [0.25, 0.3) is 59.8 Å². The van der Waals surface area contributed by atoms with Crippen LogP contribution in [0.1, 0.15) is 22.9 Å². The van der Waals surface area contributed by atoms with Crippen LogP contribution in [0.2, 0.25) is 0 Å². The molecule has 4 nitrogen and oxygen atoms in total. The number of aliphatic imine (C=N–C) groups is 2. The van der Waals surface area contributed by atoms with Crippen LogP contribution in [-0.2, 0) is 0 Å². The fourth-order valence-electron chi connectivity index (χ4n) is 7.70. The van der Waals surface area contributed by atoms with Gasteiger partial charge in [0.05, 0.1) is 11.0 Å². The van der Waals surface area contributed by atoms with E-state index in [1.165, 1.54) is 54.1 Å². The molecular weight excluding hydrogens is 597 g/mol. The molecule has 1 N–H and O–H groups in total. The molecule has 0 saturated heterocycles. The van der Waals surface area contributed by atoms with Gasteiger partial charge in [-0.2, -0.15) is 0 Å². The van der Waals surface area contributed by atoms with Crippen molar-refractivity contribution in [2.75, 3.05) is 0 Å². The SMILES string of the molecule is c1ccc(C2=NC(c3cc4c5ccccc5c5c(c6ccccc6n5-c5ccccc5)c4c4ccccc34)NC(c3ccccc3)=N2)cc1. The quantitative estimate of drug-likeness (QED) is 0.194. The fourth-order valence-corrected chi connectivity index (χ4v) is 7.70. The number of nitrogens with zero attached hydrogens (tertiary/aromatic N) is 3. The van der Waals surface area contributed by atoms with Crippen LogP contribution >= 0.6 is 0 Å². The van der Waals surface area contributed by atoms with Crippen molar-refractivity contribution < 1.29 is 0 Å². The van der Waals surface area contributed by atoms with E-state index in [2.05, 4.69) is 155 Å². The van der Waals surface area contributed by atoms with Crippen LogP contribution in [-0.4, -0.2) is 16.2 Å². The summed E-state index contributed by atoms with van der Waals surface area (Å²) in [4.78, 5) is 10.4. The summed E-state index contributed by atoms with van der Waals surface area (Å²) in [6.45, 7) is 0. The lowest BCUT2D eigenvalue weighted by atomic mass is 9.89. The van der Waals surface area contributed by atoms with Crippen LogP contribution in [0.5, 0.6) is 0 Å². The Morgan fingerprint density at radius 1 is 0.469 bits per heavy atom. The van der Waals surface area contributed by atoms with Crippen LogP contribution in [0, 0.1) is 0 Å². The highest BCUT2D eigenvalue weighted by Gasteiger charge is 2.26. The largest absolute Gasteiger partial charge is 0.344 e. The van der Waals surface area contributed by atoms with Crippen LogP contribution in [0.15, 0.2) is 180 Å². The highest BCUT2D eigenvalue weighted by molar-refractivity contribution is 6.37. The molecule has 1 aliphatic rings. The molecule has 230 valence electrons. The number of hydrogen-bond donors (Lipinski definition) is 1. The fraction of sp³-hybridized carbons (Fsp3) is 0.0222. The van der Waals surface area contributed by atoms with E-state index in [1.54, 1.807) is 0 Å². The third kappa shape index (κ3) is 4.31. The average Bonchev–Trinajstić information content (AvgIpc) is 3.54. The number of para-hydroxylation sites is 2. The molecule has 10 rings (SSSR count). The van der Waals surface area contributed by atoms with Gasteiger partial charge < -0.3 is 9.88 Å². The zero-order chi connectivity index (χ0) is 32.3. The van der Waals surface area contributed by atoms with Gasteiger partial charge in [0.25, 0.3) is 0 Å². The predicted octanol–water partition coefficient (Wildman–Crippen LogP) is 10.7. The molecule has 8 aromatic carbocycles. The number of amidine groups is 2. The smallest absolute Gasteiger partial charge is 0.159 e. The summed E-state index contributed by atoms with van der Waals surface area (Å²) in [5.41, 5.74) is 6.73. The topological polar surface area (TPSA) is 41.7 Å². The normalized spacial score (nSPS) is 14.7. The van der Waals surface area contributed by atoms with Gasteiger partial charge in [0.1, 0.15) is 12.0 Å². The molecule has 1 atom stereocenters. The minimum atomic E-state index is -0.350. The number of rotatable bonds is 4. The lowest BCUT2D eigenvalue weighted by molar-refractivity contribution is 0.680. The Kier molecular flexibility index (Phi) is 6.21. The summed E-state index contributed by atoms with van der Waals surface area (Å²) in [6, 6.07) is 60.2. The summed E-state index contributed by atoms with van der Waals surface area (Å²) in [7, 11) is 0. The Hall–Kier alpha value is -6.52. The maximum atomic E-state index is 5.31. The summed E-state index contributed by atoms with van der Waals surface area (Å²) in [5.74, 6) is 1.54. The third-order valence-corrected chi connectivity index (χ3v) is 9.80. The molecule has 1 aromatic heterocycles. The molecule has 0 radical (unpaired) electrons. The molecule has 2 heterocycles. The maximum Gasteiger partial charge on any atom is 0.159 e. The van der Waals surface area contributed by atoms with Gasteiger partial charge >= 0.3 is 0 Å². The number of nitrogens with one attached hydrogen (secondary N) is 1. The van der Waals surface area contributed by atoms with Crippen molar-refractivity contribution in [3.63, 3.8) is 0 Å². The van der Waals surface area contributed by atoms with Gasteiger partial charge in [-0.3, -0.25) is 0 Å². The maximum absolute atomic E-state index is 5.31. The molecule has 9 aromatic rings. The Bertz CT molecular complexity index is 2780. The molecule has 0 saturated carbocycles. The first-order valence-corrected chi connectivity index (χ1v) is 16.7. The molecular formula is C45H30N4. The molecule has 0 bridgehead atoms. The van der Waals surface area contributed by atoms with Crippen molar-refractivity contribution in [1.82, 2.24) is 9.88 Å². The number of aromatic nitrogens is 1. The second-order valence-electron chi connectivity index (χ2n) is 12.6. The van der Waals surface area contributed by atoms with Crippen molar-refractivity contribution in [2.24, 2.45) is 9.98 Å². The molecule has 49 heavy (non-hydrogen) atoms. The van der Waals surface area contributed by atoms with Crippen LogP contribution in [0.3, 0.4) is 0 Å². The molecule has 0 aliphatic carbocycles. The summed E-state index contributed by atoms with van der Waals surface area (Å²) >= 11 is 0. The van der Waals surface area contributed by atoms with Crippen molar-refractivity contribution in [3.05, 3.63) is 187 Å². The minimum absolute atomic E-state index is 0.350.